The Morgan fingerprint density at radius 3 is 2.45 bits per heavy atom. The van der Waals surface area contributed by atoms with Crippen molar-refractivity contribution < 1.29 is 27.3 Å². The molecule has 1 aromatic carbocycles. The van der Waals surface area contributed by atoms with Gasteiger partial charge in [0, 0.05) is 26.5 Å². The molecule has 44 heavy (non-hydrogen) atoms. The summed E-state index contributed by atoms with van der Waals surface area (Å²) in [5, 5.41) is 5.60. The van der Waals surface area contributed by atoms with E-state index in [1.165, 1.54) is 38.2 Å². The first-order valence-corrected chi connectivity index (χ1v) is 16.9. The fraction of sp³-hybridized carbons (Fsp3) is 0.613. The molecule has 11 nitrogen and oxygen atoms in total. The number of carbonyl (C=O) groups excluding carboxylic acids is 2. The normalized spacial score (nSPS) is 28.5. The summed E-state index contributed by atoms with van der Waals surface area (Å²) in [6, 6.07) is 8.69. The average molecular weight is 626 g/mol. The van der Waals surface area contributed by atoms with Crippen LogP contribution in [-0.4, -0.2) is 84.7 Å². The zero-order valence-electron chi connectivity index (χ0n) is 26.4. The average Bonchev–Trinajstić information content (AvgIpc) is 3.27. The van der Waals surface area contributed by atoms with Gasteiger partial charge in [-0.05, 0) is 68.8 Å². The van der Waals surface area contributed by atoms with E-state index >= 15 is 0 Å². The highest BCUT2D eigenvalue weighted by atomic mass is 32.2. The van der Waals surface area contributed by atoms with Gasteiger partial charge >= 0.3 is 7.12 Å². The van der Waals surface area contributed by atoms with E-state index in [9.17, 15) is 18.0 Å². The molecule has 6 atom stereocenters. The van der Waals surface area contributed by atoms with Crippen LogP contribution in [0.4, 0.5) is 0 Å². The van der Waals surface area contributed by atoms with E-state index in [-0.39, 0.29) is 11.1 Å². The maximum absolute atomic E-state index is 13.9. The van der Waals surface area contributed by atoms with Gasteiger partial charge in [0.1, 0.15) is 11.7 Å². The monoisotopic (exact) mass is 625 g/mol. The molecular weight excluding hydrogens is 581 g/mol. The minimum absolute atomic E-state index is 0.0269. The van der Waals surface area contributed by atoms with Gasteiger partial charge in [-0.15, -0.1) is 0 Å². The molecule has 0 radical (unpaired) electrons. The number of amides is 2. The van der Waals surface area contributed by atoms with E-state index in [4.69, 9.17) is 9.31 Å². The highest BCUT2D eigenvalue weighted by molar-refractivity contribution is 7.89. The van der Waals surface area contributed by atoms with Crippen LogP contribution in [0.25, 0.3) is 0 Å². The molecule has 3 saturated carbocycles. The number of aromatic nitrogens is 2. The predicted molar refractivity (Wildman–Crippen MR) is 167 cm³/mol. The first kappa shape index (κ1) is 32.5. The summed E-state index contributed by atoms with van der Waals surface area (Å²) in [5.41, 5.74) is 0.228. The number of aryl methyl sites for hydroxylation is 1. The molecule has 0 spiro atoms. The fourth-order valence-electron chi connectivity index (χ4n) is 7.32. The molecule has 2 heterocycles. The van der Waals surface area contributed by atoms with E-state index in [0.29, 0.717) is 18.3 Å². The van der Waals surface area contributed by atoms with Crippen LogP contribution in [0.3, 0.4) is 0 Å². The van der Waals surface area contributed by atoms with Crippen LogP contribution in [-0.2, 0) is 30.5 Å². The molecule has 4 aliphatic rings. The topological polar surface area (TPSA) is 140 Å². The SMILES string of the molecule is CN(C)S(=O)(=O)CC(NC(=O)c1cnccn1)C(=O)NC(CCCc1ccccc1)B1O[C@]2(C)C[C@@H]3C[C@@H](C3(C)C)[C@]2(C)O1. The first-order chi connectivity index (χ1) is 20.7. The van der Waals surface area contributed by atoms with Gasteiger partial charge in [-0.25, -0.2) is 17.7 Å². The quantitative estimate of drug-likeness (QED) is 0.344. The highest BCUT2D eigenvalue weighted by Crippen LogP contribution is 2.69. The van der Waals surface area contributed by atoms with Crippen molar-refractivity contribution in [2.45, 2.75) is 83.0 Å². The summed E-state index contributed by atoms with van der Waals surface area (Å²) in [4.78, 5) is 34.8. The molecule has 2 unspecified atom stereocenters. The zero-order chi connectivity index (χ0) is 31.9. The van der Waals surface area contributed by atoms with Gasteiger partial charge in [0.15, 0.2) is 0 Å². The Bertz CT molecular complexity index is 1460. The van der Waals surface area contributed by atoms with Crippen molar-refractivity contribution in [2.75, 3.05) is 19.8 Å². The van der Waals surface area contributed by atoms with Crippen LogP contribution < -0.4 is 10.6 Å². The number of benzene rings is 1. The Hall–Kier alpha value is -2.87. The Balaban J connectivity index is 1.38. The van der Waals surface area contributed by atoms with Crippen LogP contribution in [0.1, 0.15) is 69.4 Å². The standard InChI is InChI=1S/C31H44BN5O6S/c1-29(2)22-17-25(29)31(4)30(3,18-22)42-32(43-31)26(14-10-13-21-11-8-7-9-12-21)36-28(39)24(20-44(40,41)37(5)6)35-27(38)23-19-33-15-16-34-23/h7-9,11-12,15-16,19,22,24-26H,10,13-14,17-18,20H2,1-6H3,(H,35,38)(H,36,39)/t22-,24?,25-,26?,30+,31-/m0/s1. The van der Waals surface area contributed by atoms with Gasteiger partial charge < -0.3 is 19.9 Å². The number of nitrogens with zero attached hydrogens (tertiary/aromatic N) is 3. The van der Waals surface area contributed by atoms with Crippen molar-refractivity contribution in [1.29, 1.82) is 0 Å². The smallest absolute Gasteiger partial charge is 0.402 e. The van der Waals surface area contributed by atoms with Gasteiger partial charge in [-0.1, -0.05) is 44.2 Å². The Labute approximate surface area is 261 Å². The van der Waals surface area contributed by atoms with E-state index in [1.54, 1.807) is 0 Å². The van der Waals surface area contributed by atoms with Crippen molar-refractivity contribution in [3.05, 3.63) is 60.2 Å². The summed E-state index contributed by atoms with van der Waals surface area (Å²) in [7, 11) is -1.83. The summed E-state index contributed by atoms with van der Waals surface area (Å²) in [5.74, 6) is -1.70. The van der Waals surface area contributed by atoms with Crippen LogP contribution in [0.15, 0.2) is 48.9 Å². The third kappa shape index (κ3) is 6.16. The van der Waals surface area contributed by atoms with Crippen molar-refractivity contribution in [2.24, 2.45) is 17.3 Å². The number of hydrogen-bond donors (Lipinski definition) is 2. The molecular formula is C31H44BN5O6S. The second-order valence-electron chi connectivity index (χ2n) is 13.6. The summed E-state index contributed by atoms with van der Waals surface area (Å²) in [6.45, 7) is 8.83. The predicted octanol–water partition coefficient (Wildman–Crippen LogP) is 2.63. The summed E-state index contributed by atoms with van der Waals surface area (Å²) >= 11 is 0. The lowest BCUT2D eigenvalue weighted by Gasteiger charge is -2.67. The zero-order valence-corrected chi connectivity index (χ0v) is 27.3. The number of sulfonamides is 1. The van der Waals surface area contributed by atoms with Crippen molar-refractivity contribution in [3.63, 3.8) is 0 Å². The summed E-state index contributed by atoms with van der Waals surface area (Å²) in [6.07, 6.45) is 8.02. The van der Waals surface area contributed by atoms with Crippen LogP contribution >= 0.6 is 0 Å². The van der Waals surface area contributed by atoms with Gasteiger partial charge in [0.05, 0.1) is 29.1 Å². The molecule has 1 aromatic heterocycles. The maximum Gasteiger partial charge on any atom is 0.481 e. The largest absolute Gasteiger partial charge is 0.481 e. The van der Waals surface area contributed by atoms with Crippen molar-refractivity contribution >= 4 is 29.0 Å². The first-order valence-electron chi connectivity index (χ1n) is 15.3. The number of nitrogens with one attached hydrogen (secondary N) is 2. The second-order valence-corrected chi connectivity index (χ2v) is 15.9. The third-order valence-corrected chi connectivity index (χ3v) is 12.3. The van der Waals surface area contributed by atoms with E-state index in [0.717, 1.165) is 30.0 Å². The molecule has 2 N–H and O–H groups in total. The Morgan fingerprint density at radius 1 is 1.09 bits per heavy atom. The molecule has 2 aromatic rings. The van der Waals surface area contributed by atoms with Gasteiger partial charge in [0.2, 0.25) is 15.9 Å². The lowest BCUT2D eigenvalue weighted by atomic mass is 9.41. The van der Waals surface area contributed by atoms with Crippen molar-refractivity contribution in [3.8, 4) is 0 Å². The molecule has 238 valence electrons. The molecule has 3 aliphatic carbocycles. The Kier molecular flexibility index (Phi) is 8.98. The molecule has 4 fully saturated rings. The molecule has 6 rings (SSSR count). The fourth-order valence-corrected chi connectivity index (χ4v) is 8.27. The van der Waals surface area contributed by atoms with Gasteiger partial charge in [-0.2, -0.15) is 0 Å². The summed E-state index contributed by atoms with van der Waals surface area (Å²) < 4.78 is 40.4. The Morgan fingerprint density at radius 2 is 1.82 bits per heavy atom. The minimum atomic E-state index is -3.87. The molecule has 2 bridgehead atoms. The third-order valence-electron chi connectivity index (χ3n) is 10.4. The molecule has 1 saturated heterocycles. The van der Waals surface area contributed by atoms with Gasteiger partial charge in [-0.3, -0.25) is 14.6 Å². The molecule has 2 amide bonds. The minimum Gasteiger partial charge on any atom is -0.402 e. The van der Waals surface area contributed by atoms with Crippen LogP contribution in [0, 0.1) is 17.3 Å². The van der Waals surface area contributed by atoms with Crippen molar-refractivity contribution in [1.82, 2.24) is 24.9 Å². The van der Waals surface area contributed by atoms with E-state index < -0.39 is 57.9 Å². The number of rotatable bonds is 12. The lowest BCUT2D eigenvalue weighted by molar-refractivity contribution is -0.235. The number of carbonyl (C=O) groups is 2. The highest BCUT2D eigenvalue weighted by Gasteiger charge is 2.73. The van der Waals surface area contributed by atoms with Gasteiger partial charge in [0.25, 0.3) is 5.91 Å². The van der Waals surface area contributed by atoms with Crippen LogP contribution in [0.2, 0.25) is 0 Å². The van der Waals surface area contributed by atoms with E-state index in [1.807, 2.05) is 18.2 Å². The second kappa shape index (κ2) is 12.1. The molecule has 1 aliphatic heterocycles. The lowest BCUT2D eigenvalue weighted by Crippen LogP contribution is -2.70. The maximum atomic E-state index is 13.9. The molecule has 13 heteroatoms. The number of hydrogen-bond acceptors (Lipinski definition) is 8. The van der Waals surface area contributed by atoms with E-state index in [2.05, 4.69) is 60.4 Å². The van der Waals surface area contributed by atoms with Crippen LogP contribution in [0.5, 0.6) is 0 Å².